The molecule has 1 N–H and O–H groups in total. The van der Waals surface area contributed by atoms with Crippen molar-refractivity contribution in [1.82, 2.24) is 10.2 Å². The van der Waals surface area contributed by atoms with Crippen LogP contribution in [0.3, 0.4) is 0 Å². The topological polar surface area (TPSA) is 35.6 Å². The lowest BCUT2D eigenvalue weighted by Gasteiger charge is -2.36. The highest BCUT2D eigenvalue weighted by atomic mass is 19.1. The lowest BCUT2D eigenvalue weighted by Crippen LogP contribution is -2.49. The number of hydrogen-bond donors (Lipinski definition) is 1. The summed E-state index contributed by atoms with van der Waals surface area (Å²) in [5.74, 6) is -0.132. The molecule has 0 unspecified atom stereocenters. The van der Waals surface area contributed by atoms with Crippen LogP contribution in [-0.2, 0) is 17.6 Å². The third kappa shape index (κ3) is 4.78. The number of amides is 1. The van der Waals surface area contributed by atoms with E-state index in [-0.39, 0.29) is 17.8 Å². The van der Waals surface area contributed by atoms with E-state index in [1.54, 1.807) is 6.07 Å². The highest BCUT2D eigenvalue weighted by molar-refractivity contribution is 5.78. The molecule has 4 nitrogen and oxygen atoms in total. The largest absolute Gasteiger partial charge is 0.367 e. The van der Waals surface area contributed by atoms with Gasteiger partial charge >= 0.3 is 0 Å². The Kier molecular flexibility index (Phi) is 6.14. The van der Waals surface area contributed by atoms with Crippen molar-refractivity contribution in [3.63, 3.8) is 0 Å². The van der Waals surface area contributed by atoms with Crippen LogP contribution in [0, 0.1) is 5.82 Å². The zero-order valence-electron chi connectivity index (χ0n) is 17.2. The molecule has 1 saturated heterocycles. The van der Waals surface area contributed by atoms with Gasteiger partial charge in [-0.1, -0.05) is 30.3 Å². The van der Waals surface area contributed by atoms with E-state index in [1.165, 1.54) is 42.0 Å². The van der Waals surface area contributed by atoms with E-state index in [0.717, 1.165) is 32.6 Å². The van der Waals surface area contributed by atoms with E-state index in [1.807, 2.05) is 12.1 Å². The van der Waals surface area contributed by atoms with Crippen LogP contribution in [0.1, 0.15) is 42.5 Å². The molecule has 1 amide bonds. The van der Waals surface area contributed by atoms with Crippen molar-refractivity contribution >= 4 is 11.6 Å². The third-order valence-electron chi connectivity index (χ3n) is 6.18. The Hall–Kier alpha value is -2.40. The molecule has 1 aliphatic carbocycles. The van der Waals surface area contributed by atoms with Crippen molar-refractivity contribution in [3.05, 3.63) is 65.0 Å². The van der Waals surface area contributed by atoms with Crippen LogP contribution in [-0.4, -0.2) is 43.5 Å². The first-order chi connectivity index (χ1) is 14.1. The number of benzene rings is 2. The van der Waals surface area contributed by atoms with Gasteiger partial charge in [0.25, 0.3) is 0 Å². The summed E-state index contributed by atoms with van der Waals surface area (Å²) in [4.78, 5) is 16.8. The van der Waals surface area contributed by atoms with Gasteiger partial charge < -0.3 is 10.2 Å². The Bertz CT molecular complexity index is 861. The van der Waals surface area contributed by atoms with Gasteiger partial charge in [-0.15, -0.1) is 0 Å². The number of aryl methyl sites for hydroxylation is 2. The Morgan fingerprint density at radius 3 is 2.52 bits per heavy atom. The number of anilines is 1. The predicted octanol–water partition coefficient (Wildman–Crippen LogP) is 3.70. The molecule has 29 heavy (non-hydrogen) atoms. The van der Waals surface area contributed by atoms with Crippen molar-refractivity contribution in [2.45, 2.75) is 38.6 Å². The van der Waals surface area contributed by atoms with Gasteiger partial charge in [-0.2, -0.15) is 0 Å². The lowest BCUT2D eigenvalue weighted by atomic mass is 9.89. The molecule has 0 bridgehead atoms. The van der Waals surface area contributed by atoms with Crippen LogP contribution in [0.25, 0.3) is 0 Å². The fourth-order valence-corrected chi connectivity index (χ4v) is 4.45. The quantitative estimate of drug-likeness (QED) is 0.838. The van der Waals surface area contributed by atoms with Gasteiger partial charge in [0.15, 0.2) is 0 Å². The zero-order chi connectivity index (χ0) is 20.2. The van der Waals surface area contributed by atoms with E-state index in [2.05, 4.69) is 40.2 Å². The maximum atomic E-state index is 14.0. The van der Waals surface area contributed by atoms with Crippen molar-refractivity contribution in [3.8, 4) is 0 Å². The molecule has 1 heterocycles. The maximum absolute atomic E-state index is 14.0. The van der Waals surface area contributed by atoms with E-state index in [9.17, 15) is 9.18 Å². The predicted molar refractivity (Wildman–Crippen MR) is 115 cm³/mol. The van der Waals surface area contributed by atoms with Crippen molar-refractivity contribution in [2.75, 3.05) is 37.6 Å². The molecule has 0 aromatic heterocycles. The van der Waals surface area contributed by atoms with Gasteiger partial charge in [-0.3, -0.25) is 9.69 Å². The standard InChI is InChI=1S/C24H30FN3O/c1-18(20-11-10-19-6-2-3-7-21(19)16-20)26-24(29)17-27-12-14-28(15-13-27)23-9-5-4-8-22(23)25/h4-5,8-11,16,18H,2-3,6-7,12-15,17H2,1H3,(H,26,29)/t18-/m1/s1. The number of piperazine rings is 1. The summed E-state index contributed by atoms with van der Waals surface area (Å²) in [5.41, 5.74) is 4.74. The molecular formula is C24H30FN3O. The van der Waals surface area contributed by atoms with Gasteiger partial charge in [0, 0.05) is 26.2 Å². The van der Waals surface area contributed by atoms with Crippen LogP contribution in [0.2, 0.25) is 0 Å². The molecule has 2 aliphatic rings. The fraction of sp³-hybridized carbons (Fsp3) is 0.458. The molecule has 4 rings (SSSR count). The first-order valence-corrected chi connectivity index (χ1v) is 10.7. The van der Waals surface area contributed by atoms with E-state index < -0.39 is 0 Å². The molecule has 0 spiro atoms. The minimum absolute atomic E-state index is 0.00873. The molecule has 2 aromatic rings. The second-order valence-corrected chi connectivity index (χ2v) is 8.24. The fourth-order valence-electron chi connectivity index (χ4n) is 4.45. The molecule has 1 atom stereocenters. The number of fused-ring (bicyclic) bond motifs is 1. The van der Waals surface area contributed by atoms with Crippen LogP contribution in [0.15, 0.2) is 42.5 Å². The number of halogens is 1. The monoisotopic (exact) mass is 395 g/mol. The summed E-state index contributed by atoms with van der Waals surface area (Å²) in [6, 6.07) is 13.6. The van der Waals surface area contributed by atoms with Crippen LogP contribution >= 0.6 is 0 Å². The summed E-state index contributed by atoms with van der Waals surface area (Å²) in [6.07, 6.45) is 4.87. The molecule has 0 radical (unpaired) electrons. The summed E-state index contributed by atoms with van der Waals surface area (Å²) in [6.45, 7) is 5.42. The number of carbonyl (C=O) groups excluding carboxylic acids is 1. The van der Waals surface area contributed by atoms with Gasteiger partial charge in [0.1, 0.15) is 5.82 Å². The highest BCUT2D eigenvalue weighted by Gasteiger charge is 2.22. The van der Waals surface area contributed by atoms with Crippen molar-refractivity contribution in [1.29, 1.82) is 0 Å². The number of carbonyl (C=O) groups is 1. The van der Waals surface area contributed by atoms with Crippen LogP contribution in [0.4, 0.5) is 10.1 Å². The molecular weight excluding hydrogens is 365 g/mol. The van der Waals surface area contributed by atoms with Gasteiger partial charge in [-0.25, -0.2) is 4.39 Å². The summed E-state index contributed by atoms with van der Waals surface area (Å²) < 4.78 is 14.0. The van der Waals surface area contributed by atoms with E-state index >= 15 is 0 Å². The van der Waals surface area contributed by atoms with Crippen molar-refractivity contribution in [2.24, 2.45) is 0 Å². The average molecular weight is 396 g/mol. The Morgan fingerprint density at radius 2 is 1.76 bits per heavy atom. The van der Waals surface area contributed by atoms with E-state index in [4.69, 9.17) is 0 Å². The Balaban J connectivity index is 1.27. The first kappa shape index (κ1) is 19.9. The minimum atomic E-state index is -0.183. The Labute approximate surface area is 172 Å². The van der Waals surface area contributed by atoms with Gasteiger partial charge in [0.2, 0.25) is 5.91 Å². The van der Waals surface area contributed by atoms with Gasteiger partial charge in [-0.05, 0) is 61.4 Å². The minimum Gasteiger partial charge on any atom is -0.367 e. The van der Waals surface area contributed by atoms with E-state index in [0.29, 0.717) is 12.2 Å². The first-order valence-electron chi connectivity index (χ1n) is 10.7. The smallest absolute Gasteiger partial charge is 0.234 e. The second kappa shape index (κ2) is 8.95. The number of nitrogens with one attached hydrogen (secondary N) is 1. The molecule has 0 saturated carbocycles. The Morgan fingerprint density at radius 1 is 1.03 bits per heavy atom. The molecule has 2 aromatic carbocycles. The molecule has 1 fully saturated rings. The normalized spacial score (nSPS) is 18.2. The lowest BCUT2D eigenvalue weighted by molar-refractivity contribution is -0.123. The summed E-state index contributed by atoms with van der Waals surface area (Å²) in [7, 11) is 0. The SMILES string of the molecule is C[C@@H](NC(=O)CN1CCN(c2ccccc2F)CC1)c1ccc2c(c1)CCCC2. The van der Waals surface area contributed by atoms with Gasteiger partial charge in [0.05, 0.1) is 18.3 Å². The molecule has 154 valence electrons. The third-order valence-corrected chi connectivity index (χ3v) is 6.18. The number of para-hydroxylation sites is 1. The highest BCUT2D eigenvalue weighted by Crippen LogP contribution is 2.25. The molecule has 5 heteroatoms. The average Bonchev–Trinajstić information content (AvgIpc) is 2.74. The summed E-state index contributed by atoms with van der Waals surface area (Å²) >= 11 is 0. The zero-order valence-corrected chi connectivity index (χ0v) is 17.2. The van der Waals surface area contributed by atoms with Crippen molar-refractivity contribution < 1.29 is 9.18 Å². The second-order valence-electron chi connectivity index (χ2n) is 8.24. The van der Waals surface area contributed by atoms with Crippen LogP contribution in [0.5, 0.6) is 0 Å². The summed E-state index contributed by atoms with van der Waals surface area (Å²) in [5, 5.41) is 3.15. The number of hydrogen-bond acceptors (Lipinski definition) is 3. The number of rotatable bonds is 5. The number of nitrogens with zero attached hydrogens (tertiary/aromatic N) is 2. The maximum Gasteiger partial charge on any atom is 0.234 e. The van der Waals surface area contributed by atoms with Crippen LogP contribution < -0.4 is 10.2 Å². The molecule has 1 aliphatic heterocycles.